The summed E-state index contributed by atoms with van der Waals surface area (Å²) in [4.78, 5) is 16.7. The van der Waals surface area contributed by atoms with Crippen LogP contribution in [0.4, 0.5) is 0 Å². The minimum absolute atomic E-state index is 0.558. The van der Waals surface area contributed by atoms with E-state index in [1.54, 1.807) is 0 Å². The van der Waals surface area contributed by atoms with Crippen LogP contribution in [0.3, 0.4) is 0 Å². The number of benzene rings is 13. The predicted octanol–water partition coefficient (Wildman–Crippen LogP) is 22.9. The molecule has 0 aliphatic heterocycles. The summed E-state index contributed by atoms with van der Waals surface area (Å²) in [5.41, 5.74) is 15.6. The Balaban J connectivity index is 0.805. The predicted molar refractivity (Wildman–Crippen MR) is 383 cm³/mol. The van der Waals surface area contributed by atoms with Gasteiger partial charge in [-0.25, -0.2) is 4.98 Å². The molecule has 0 fully saturated rings. The molecule has 0 unspecified atom stereocenters. The number of para-hydroxylation sites is 3. The lowest BCUT2D eigenvalue weighted by Gasteiger charge is -2.14. The van der Waals surface area contributed by atoms with E-state index in [0.29, 0.717) is 17.6 Å². The molecule has 0 spiro atoms. The SMILES string of the molecule is c1ccc(-c2ccc3c(c2)c2cc(-c4ccc5sc6c(-n7c8ccccc8c8ccc9c%10ccccc%10n(-c%10nc(-c%11ccc%12sc%13ccccc%13c%12c%11)nc(-c%11ccc%12sc%13ccccc%13c%12c%11)n%10)c9c87)cccc6c5c4)ccc2n3-c2ccccc2)cc1. The second-order valence-corrected chi connectivity index (χ2v) is 26.7. The Kier molecular flexibility index (Phi) is 10.7. The third-order valence-electron chi connectivity index (χ3n) is 18.5. The monoisotopic (exact) mass is 1200 g/mol. The van der Waals surface area contributed by atoms with Gasteiger partial charge in [-0.05, 0) is 138 Å². The van der Waals surface area contributed by atoms with Crippen molar-refractivity contribution in [3.8, 4) is 62.4 Å². The van der Waals surface area contributed by atoms with Gasteiger partial charge in [-0.1, -0.05) is 164 Å². The first-order valence-corrected chi connectivity index (χ1v) is 32.8. The van der Waals surface area contributed by atoms with Gasteiger partial charge in [0, 0.05) is 105 Å². The van der Waals surface area contributed by atoms with Crippen LogP contribution in [-0.2, 0) is 0 Å². The van der Waals surface area contributed by atoms with Crippen LogP contribution in [0.2, 0.25) is 0 Å². The van der Waals surface area contributed by atoms with E-state index in [0.717, 1.165) is 60.7 Å². The van der Waals surface area contributed by atoms with Crippen LogP contribution in [0, 0.1) is 0 Å². The van der Waals surface area contributed by atoms with Gasteiger partial charge in [-0.15, -0.1) is 34.0 Å². The first-order chi connectivity index (χ1) is 44.6. The van der Waals surface area contributed by atoms with E-state index in [2.05, 4.69) is 293 Å². The maximum atomic E-state index is 5.62. The van der Waals surface area contributed by atoms with Crippen LogP contribution >= 0.6 is 34.0 Å². The zero-order valence-corrected chi connectivity index (χ0v) is 50.4. The highest BCUT2D eigenvalue weighted by Gasteiger charge is 2.26. The molecule has 0 N–H and O–H groups in total. The summed E-state index contributed by atoms with van der Waals surface area (Å²) in [5.74, 6) is 1.79. The van der Waals surface area contributed by atoms with Gasteiger partial charge in [-0.2, -0.15) is 9.97 Å². The standard InChI is InChI=1S/C81H46N6S3/c1-3-16-47(17-4-1)48-30-37-68-61(42-48)62-43-49(31-38-69(62)85(68)53-18-5-2-6-19-53)50-32-39-75-65(44-50)60-24-15-27-70(78(60)90-75)86-66-25-11-7-20-54(66)58-35-36-59-55-21-8-12-26-67(55)87(77(59)76(58)86)81-83-79(51-33-40-73-63(45-51)56-22-9-13-28-71(56)88-73)82-80(84-81)52-34-41-74-64(46-52)57-23-10-14-29-72(57)89-74/h1-46H. The van der Waals surface area contributed by atoms with E-state index in [-0.39, 0.29) is 0 Å². The molecule has 7 aromatic heterocycles. The highest BCUT2D eigenvalue weighted by Crippen LogP contribution is 2.47. The molecule has 0 aliphatic carbocycles. The van der Waals surface area contributed by atoms with Gasteiger partial charge in [0.2, 0.25) is 5.95 Å². The number of hydrogen-bond acceptors (Lipinski definition) is 6. The molecule has 418 valence electrons. The van der Waals surface area contributed by atoms with Gasteiger partial charge >= 0.3 is 0 Å². The van der Waals surface area contributed by atoms with Crippen LogP contribution < -0.4 is 0 Å². The molecular formula is C81H46N6S3. The summed E-state index contributed by atoms with van der Waals surface area (Å²) in [6, 6.07) is 102. The average molecular weight is 1200 g/mol. The van der Waals surface area contributed by atoms with E-state index >= 15 is 0 Å². The van der Waals surface area contributed by atoms with E-state index < -0.39 is 0 Å². The number of aromatic nitrogens is 6. The Hall–Kier alpha value is -11.1. The molecule has 0 amide bonds. The molecule has 9 heteroatoms. The summed E-state index contributed by atoms with van der Waals surface area (Å²) in [5, 5.41) is 14.3. The highest BCUT2D eigenvalue weighted by atomic mass is 32.1. The average Bonchev–Trinajstić information content (AvgIpc) is 1.55. The van der Waals surface area contributed by atoms with Crippen molar-refractivity contribution in [1.82, 2.24) is 28.7 Å². The van der Waals surface area contributed by atoms with Crippen molar-refractivity contribution in [3.05, 3.63) is 279 Å². The number of rotatable bonds is 7. The third kappa shape index (κ3) is 7.39. The van der Waals surface area contributed by atoms with Crippen molar-refractivity contribution in [2.24, 2.45) is 0 Å². The number of nitrogens with zero attached hydrogens (tertiary/aromatic N) is 6. The minimum atomic E-state index is 0.558. The Morgan fingerprint density at radius 3 is 1.27 bits per heavy atom. The summed E-state index contributed by atoms with van der Waals surface area (Å²) in [7, 11) is 0. The topological polar surface area (TPSA) is 53.5 Å². The van der Waals surface area contributed by atoms with Gasteiger partial charge in [0.15, 0.2) is 11.6 Å². The fraction of sp³-hybridized carbons (Fsp3) is 0. The summed E-state index contributed by atoms with van der Waals surface area (Å²) >= 11 is 5.50. The smallest absolute Gasteiger partial charge is 0.238 e. The Labute approximate surface area is 526 Å². The Morgan fingerprint density at radius 1 is 0.233 bits per heavy atom. The maximum Gasteiger partial charge on any atom is 0.238 e. The van der Waals surface area contributed by atoms with Gasteiger partial charge in [-0.3, -0.25) is 4.57 Å². The molecule has 0 radical (unpaired) electrons. The lowest BCUT2D eigenvalue weighted by Crippen LogP contribution is -2.07. The third-order valence-corrected chi connectivity index (χ3v) is 22.0. The highest BCUT2D eigenvalue weighted by molar-refractivity contribution is 7.26. The second kappa shape index (κ2) is 19.2. The van der Waals surface area contributed by atoms with Crippen molar-refractivity contribution >= 4 is 160 Å². The number of fused-ring (bicyclic) bond motifs is 19. The van der Waals surface area contributed by atoms with Gasteiger partial charge in [0.1, 0.15) is 0 Å². The second-order valence-electron chi connectivity index (χ2n) is 23.4. The fourth-order valence-electron chi connectivity index (χ4n) is 14.4. The molecule has 0 saturated carbocycles. The van der Waals surface area contributed by atoms with Crippen LogP contribution in [0.25, 0.3) is 188 Å². The molecule has 0 aliphatic rings. The van der Waals surface area contributed by atoms with Crippen LogP contribution in [0.15, 0.2) is 279 Å². The molecule has 0 atom stereocenters. The first-order valence-electron chi connectivity index (χ1n) is 30.3. The Bertz CT molecular complexity index is 6290. The van der Waals surface area contributed by atoms with E-state index in [1.807, 2.05) is 34.0 Å². The van der Waals surface area contributed by atoms with Crippen LogP contribution in [0.5, 0.6) is 0 Å². The summed E-state index contributed by atoms with van der Waals surface area (Å²) < 4.78 is 14.7. The molecule has 20 aromatic rings. The van der Waals surface area contributed by atoms with Crippen molar-refractivity contribution in [2.45, 2.75) is 0 Å². The molecule has 90 heavy (non-hydrogen) atoms. The van der Waals surface area contributed by atoms with Gasteiger partial charge < -0.3 is 9.13 Å². The van der Waals surface area contributed by atoms with Crippen molar-refractivity contribution in [3.63, 3.8) is 0 Å². The molecule has 7 heterocycles. The van der Waals surface area contributed by atoms with Crippen molar-refractivity contribution < 1.29 is 0 Å². The van der Waals surface area contributed by atoms with E-state index in [1.165, 1.54) is 110 Å². The maximum absolute atomic E-state index is 5.62. The molecule has 20 rings (SSSR count). The molecule has 0 bridgehead atoms. The molecule has 0 saturated heterocycles. The van der Waals surface area contributed by atoms with Crippen LogP contribution in [-0.4, -0.2) is 28.7 Å². The molecule has 13 aromatic carbocycles. The largest absolute Gasteiger partial charge is 0.309 e. The lowest BCUT2D eigenvalue weighted by molar-refractivity contribution is 0.954. The van der Waals surface area contributed by atoms with Gasteiger partial charge in [0.05, 0.1) is 43.5 Å². The first kappa shape index (κ1) is 50.0. The normalized spacial score (nSPS) is 12.2. The lowest BCUT2D eigenvalue weighted by atomic mass is 9.99. The van der Waals surface area contributed by atoms with Crippen molar-refractivity contribution in [2.75, 3.05) is 0 Å². The van der Waals surface area contributed by atoms with E-state index in [4.69, 9.17) is 15.0 Å². The number of thiophene rings is 3. The summed E-state index contributed by atoms with van der Waals surface area (Å²) in [6.07, 6.45) is 0. The Morgan fingerprint density at radius 2 is 0.656 bits per heavy atom. The van der Waals surface area contributed by atoms with Crippen LogP contribution in [0.1, 0.15) is 0 Å². The molecular weight excluding hydrogens is 1150 g/mol. The summed E-state index contributed by atoms with van der Waals surface area (Å²) in [6.45, 7) is 0. The quantitative estimate of drug-likeness (QED) is 0.160. The molecule has 6 nitrogen and oxygen atoms in total. The zero-order valence-electron chi connectivity index (χ0n) is 48.0. The fourth-order valence-corrected chi connectivity index (χ4v) is 17.8. The van der Waals surface area contributed by atoms with Crippen molar-refractivity contribution in [1.29, 1.82) is 0 Å². The number of hydrogen-bond donors (Lipinski definition) is 0. The zero-order chi connectivity index (χ0) is 58.7. The minimum Gasteiger partial charge on any atom is -0.309 e. The van der Waals surface area contributed by atoms with Gasteiger partial charge in [0.25, 0.3) is 0 Å². The van der Waals surface area contributed by atoms with E-state index in [9.17, 15) is 0 Å².